The van der Waals surface area contributed by atoms with E-state index in [0.717, 1.165) is 18.4 Å². The van der Waals surface area contributed by atoms with Gasteiger partial charge in [0.1, 0.15) is 5.82 Å². The van der Waals surface area contributed by atoms with Crippen molar-refractivity contribution in [3.05, 3.63) is 35.6 Å². The highest BCUT2D eigenvalue weighted by Gasteiger charge is 2.37. The fourth-order valence-corrected chi connectivity index (χ4v) is 2.11. The largest absolute Gasteiger partial charge is 0.353 e. The van der Waals surface area contributed by atoms with Crippen molar-refractivity contribution in [1.82, 2.24) is 5.32 Å². The first kappa shape index (κ1) is 12.1. The number of rotatable bonds is 4. The van der Waals surface area contributed by atoms with Gasteiger partial charge in [0.15, 0.2) is 0 Å². The smallest absolute Gasteiger partial charge is 0.228 e. The Labute approximate surface area is 101 Å². The second-order valence-electron chi connectivity index (χ2n) is 5.03. The second kappa shape index (κ2) is 4.86. The van der Waals surface area contributed by atoms with E-state index in [1.165, 1.54) is 12.1 Å². The SMILES string of the molecule is CC(C)NC(=O)C(c1ccc(F)cc1)C1CC1. The van der Waals surface area contributed by atoms with Crippen LogP contribution in [0.1, 0.15) is 38.2 Å². The molecule has 17 heavy (non-hydrogen) atoms. The highest BCUT2D eigenvalue weighted by Crippen LogP contribution is 2.42. The lowest BCUT2D eigenvalue weighted by atomic mass is 9.93. The molecule has 0 spiro atoms. The first-order valence-corrected chi connectivity index (χ1v) is 6.14. The molecular formula is C14H18FNO. The van der Waals surface area contributed by atoms with Gasteiger partial charge in [-0.1, -0.05) is 12.1 Å². The van der Waals surface area contributed by atoms with Gasteiger partial charge >= 0.3 is 0 Å². The molecule has 1 aliphatic rings. The van der Waals surface area contributed by atoms with Gasteiger partial charge in [-0.05, 0) is 50.3 Å². The standard InChI is InChI=1S/C14H18FNO/c1-9(2)16-14(17)13(10-3-4-10)11-5-7-12(15)8-6-11/h5-10,13H,3-4H2,1-2H3,(H,16,17). The van der Waals surface area contributed by atoms with Crippen molar-refractivity contribution in [2.45, 2.75) is 38.6 Å². The molecular weight excluding hydrogens is 217 g/mol. The normalized spacial score (nSPS) is 16.9. The molecule has 2 rings (SSSR count). The van der Waals surface area contributed by atoms with E-state index in [2.05, 4.69) is 5.32 Å². The lowest BCUT2D eigenvalue weighted by Gasteiger charge is -2.18. The highest BCUT2D eigenvalue weighted by molar-refractivity contribution is 5.84. The molecule has 1 saturated carbocycles. The van der Waals surface area contributed by atoms with E-state index in [0.29, 0.717) is 5.92 Å². The van der Waals surface area contributed by atoms with Gasteiger partial charge in [0.25, 0.3) is 0 Å². The van der Waals surface area contributed by atoms with E-state index in [9.17, 15) is 9.18 Å². The molecule has 1 amide bonds. The Balaban J connectivity index is 2.17. The Hall–Kier alpha value is -1.38. The Bertz CT molecular complexity index is 395. The van der Waals surface area contributed by atoms with Gasteiger partial charge in [0.2, 0.25) is 5.91 Å². The molecule has 0 heterocycles. The van der Waals surface area contributed by atoms with Crippen LogP contribution in [0.3, 0.4) is 0 Å². The third-order valence-electron chi connectivity index (χ3n) is 3.04. The summed E-state index contributed by atoms with van der Waals surface area (Å²) in [5.74, 6) is 0.124. The van der Waals surface area contributed by atoms with Crippen LogP contribution in [0.15, 0.2) is 24.3 Å². The van der Waals surface area contributed by atoms with E-state index in [1.54, 1.807) is 12.1 Å². The van der Waals surface area contributed by atoms with Gasteiger partial charge in [-0.2, -0.15) is 0 Å². The first-order valence-electron chi connectivity index (χ1n) is 6.14. The zero-order valence-corrected chi connectivity index (χ0v) is 10.2. The summed E-state index contributed by atoms with van der Waals surface area (Å²) in [6, 6.07) is 6.43. The van der Waals surface area contributed by atoms with Gasteiger partial charge in [0.05, 0.1) is 5.92 Å². The summed E-state index contributed by atoms with van der Waals surface area (Å²) in [7, 11) is 0. The molecule has 0 saturated heterocycles. The van der Waals surface area contributed by atoms with Crippen LogP contribution in [0.25, 0.3) is 0 Å². The topological polar surface area (TPSA) is 29.1 Å². The average molecular weight is 235 g/mol. The molecule has 1 atom stereocenters. The monoisotopic (exact) mass is 235 g/mol. The number of benzene rings is 1. The third-order valence-corrected chi connectivity index (χ3v) is 3.04. The summed E-state index contributed by atoms with van der Waals surface area (Å²) >= 11 is 0. The fourth-order valence-electron chi connectivity index (χ4n) is 2.11. The Morgan fingerprint density at radius 1 is 1.29 bits per heavy atom. The highest BCUT2D eigenvalue weighted by atomic mass is 19.1. The summed E-state index contributed by atoms with van der Waals surface area (Å²) in [5.41, 5.74) is 0.923. The summed E-state index contributed by atoms with van der Waals surface area (Å²) in [5, 5.41) is 2.94. The van der Waals surface area contributed by atoms with Crippen molar-refractivity contribution in [3.63, 3.8) is 0 Å². The van der Waals surface area contributed by atoms with Gasteiger partial charge < -0.3 is 5.32 Å². The minimum atomic E-state index is -0.257. The molecule has 2 nitrogen and oxygen atoms in total. The number of nitrogens with one attached hydrogen (secondary N) is 1. The van der Waals surface area contributed by atoms with Crippen LogP contribution in [0.4, 0.5) is 4.39 Å². The van der Waals surface area contributed by atoms with Crippen molar-refractivity contribution in [2.75, 3.05) is 0 Å². The molecule has 1 unspecified atom stereocenters. The minimum Gasteiger partial charge on any atom is -0.353 e. The predicted octanol–water partition coefficient (Wildman–Crippen LogP) is 2.84. The number of hydrogen-bond donors (Lipinski definition) is 1. The van der Waals surface area contributed by atoms with Gasteiger partial charge in [-0.3, -0.25) is 4.79 Å². The fraction of sp³-hybridized carbons (Fsp3) is 0.500. The second-order valence-corrected chi connectivity index (χ2v) is 5.03. The maximum Gasteiger partial charge on any atom is 0.228 e. The van der Waals surface area contributed by atoms with Crippen LogP contribution in [-0.4, -0.2) is 11.9 Å². The molecule has 1 fully saturated rings. The molecule has 1 aromatic carbocycles. The van der Waals surface area contributed by atoms with Crippen molar-refractivity contribution in [1.29, 1.82) is 0 Å². The third kappa shape index (κ3) is 3.05. The number of halogens is 1. The Morgan fingerprint density at radius 2 is 1.88 bits per heavy atom. The zero-order valence-electron chi connectivity index (χ0n) is 10.2. The number of amides is 1. The zero-order chi connectivity index (χ0) is 12.4. The molecule has 1 aliphatic carbocycles. The van der Waals surface area contributed by atoms with Gasteiger partial charge in [-0.25, -0.2) is 4.39 Å². The molecule has 0 aromatic heterocycles. The van der Waals surface area contributed by atoms with E-state index in [-0.39, 0.29) is 23.7 Å². The van der Waals surface area contributed by atoms with Gasteiger partial charge in [0, 0.05) is 6.04 Å². The number of carbonyl (C=O) groups is 1. The summed E-state index contributed by atoms with van der Waals surface area (Å²) in [4.78, 5) is 12.1. The van der Waals surface area contributed by atoms with E-state index >= 15 is 0 Å². The van der Waals surface area contributed by atoms with Crippen molar-refractivity contribution < 1.29 is 9.18 Å². The molecule has 3 heteroatoms. The maximum atomic E-state index is 12.9. The van der Waals surface area contributed by atoms with Gasteiger partial charge in [-0.15, -0.1) is 0 Å². The Kier molecular flexibility index (Phi) is 3.46. The van der Waals surface area contributed by atoms with Crippen molar-refractivity contribution >= 4 is 5.91 Å². The molecule has 1 N–H and O–H groups in total. The van der Waals surface area contributed by atoms with E-state index in [1.807, 2.05) is 13.8 Å². The number of carbonyl (C=O) groups excluding carboxylic acids is 1. The average Bonchev–Trinajstić information content (AvgIpc) is 3.04. The van der Waals surface area contributed by atoms with Crippen LogP contribution < -0.4 is 5.32 Å². The molecule has 1 aromatic rings. The van der Waals surface area contributed by atoms with Crippen LogP contribution in [0.2, 0.25) is 0 Å². The molecule has 0 aliphatic heterocycles. The van der Waals surface area contributed by atoms with Crippen LogP contribution in [-0.2, 0) is 4.79 Å². The van der Waals surface area contributed by atoms with Crippen molar-refractivity contribution in [2.24, 2.45) is 5.92 Å². The Morgan fingerprint density at radius 3 is 2.35 bits per heavy atom. The van der Waals surface area contributed by atoms with Crippen LogP contribution in [0.5, 0.6) is 0 Å². The maximum absolute atomic E-state index is 12.9. The van der Waals surface area contributed by atoms with E-state index < -0.39 is 0 Å². The minimum absolute atomic E-state index is 0.0640. The summed E-state index contributed by atoms with van der Waals surface area (Å²) in [6.07, 6.45) is 2.18. The quantitative estimate of drug-likeness (QED) is 0.854. The summed E-state index contributed by atoms with van der Waals surface area (Å²) in [6.45, 7) is 3.90. The first-order chi connectivity index (χ1) is 8.08. The van der Waals surface area contributed by atoms with E-state index in [4.69, 9.17) is 0 Å². The molecule has 92 valence electrons. The lowest BCUT2D eigenvalue weighted by molar-refractivity contribution is -0.123. The van der Waals surface area contributed by atoms with Crippen LogP contribution in [0, 0.1) is 11.7 Å². The number of hydrogen-bond acceptors (Lipinski definition) is 1. The lowest BCUT2D eigenvalue weighted by Crippen LogP contribution is -2.35. The summed E-state index contributed by atoms with van der Waals surface area (Å²) < 4.78 is 12.9. The van der Waals surface area contributed by atoms with Crippen LogP contribution >= 0.6 is 0 Å². The van der Waals surface area contributed by atoms with Crippen molar-refractivity contribution in [3.8, 4) is 0 Å². The molecule has 0 radical (unpaired) electrons. The predicted molar refractivity (Wildman–Crippen MR) is 65.1 cm³/mol. The molecule has 0 bridgehead atoms.